The molecule has 1 heterocycles. The van der Waals surface area contributed by atoms with E-state index >= 15 is 0 Å². The van der Waals surface area contributed by atoms with Crippen LogP contribution in [0.1, 0.15) is 0 Å². The third-order valence-corrected chi connectivity index (χ3v) is 3.28. The van der Waals surface area contributed by atoms with Crippen molar-refractivity contribution < 1.29 is 9.13 Å². The van der Waals surface area contributed by atoms with Crippen molar-refractivity contribution in [2.24, 2.45) is 0 Å². The quantitative estimate of drug-likeness (QED) is 0.713. The van der Waals surface area contributed by atoms with Crippen LogP contribution in [0.3, 0.4) is 0 Å². The van der Waals surface area contributed by atoms with Gasteiger partial charge in [0.1, 0.15) is 17.7 Å². The third-order valence-electron chi connectivity index (χ3n) is 2.28. The van der Waals surface area contributed by atoms with Gasteiger partial charge in [0.25, 0.3) is 0 Å². The molecule has 1 aliphatic rings. The zero-order valence-electron chi connectivity index (χ0n) is 8.03. The van der Waals surface area contributed by atoms with Gasteiger partial charge < -0.3 is 4.74 Å². The largest absolute Gasteiger partial charge is 0.488 e. The second-order valence-electron chi connectivity index (χ2n) is 3.32. The molecule has 0 amide bonds. The van der Waals surface area contributed by atoms with E-state index in [4.69, 9.17) is 4.74 Å². The summed E-state index contributed by atoms with van der Waals surface area (Å²) in [6, 6.07) is 6.19. The monoisotopic (exact) mass is 213 g/mol. The van der Waals surface area contributed by atoms with Gasteiger partial charge in [0.15, 0.2) is 0 Å². The molecule has 0 saturated carbocycles. The summed E-state index contributed by atoms with van der Waals surface area (Å²) in [5.41, 5.74) is 0. The second kappa shape index (κ2) is 4.24. The fourth-order valence-electron chi connectivity index (χ4n) is 1.40. The lowest BCUT2D eigenvalue weighted by atomic mass is 10.2. The van der Waals surface area contributed by atoms with Gasteiger partial charge in [0, 0.05) is 13.1 Å². The molecule has 76 valence electrons. The topological polar surface area (TPSA) is 12.5 Å². The van der Waals surface area contributed by atoms with Gasteiger partial charge >= 0.3 is 0 Å². The van der Waals surface area contributed by atoms with E-state index in [0.717, 1.165) is 27.6 Å². The maximum Gasteiger partial charge on any atom is 0.125 e. The Morgan fingerprint density at radius 2 is 2.00 bits per heavy atom. The van der Waals surface area contributed by atoms with Crippen molar-refractivity contribution in [1.82, 2.24) is 4.67 Å². The number of rotatable bonds is 3. The number of halogens is 1. The van der Waals surface area contributed by atoms with Crippen molar-refractivity contribution in [3.05, 3.63) is 30.1 Å². The molecule has 0 N–H and O–H groups in total. The van der Waals surface area contributed by atoms with E-state index in [0.29, 0.717) is 0 Å². The minimum absolute atomic E-state index is 0.220. The van der Waals surface area contributed by atoms with E-state index in [1.54, 1.807) is 12.1 Å². The normalized spacial score (nSPS) is 18.7. The first kappa shape index (κ1) is 9.88. The average Bonchev–Trinajstić information content (AvgIpc) is 2.13. The van der Waals surface area contributed by atoms with E-state index in [1.165, 1.54) is 12.1 Å². The van der Waals surface area contributed by atoms with Crippen molar-refractivity contribution in [3.8, 4) is 5.75 Å². The Kier molecular flexibility index (Phi) is 2.99. The maximum atomic E-state index is 12.6. The zero-order valence-corrected chi connectivity index (χ0v) is 9.03. The predicted octanol–water partition coefficient (Wildman–Crippen LogP) is 2.11. The van der Waals surface area contributed by atoms with Crippen molar-refractivity contribution >= 4 is 8.73 Å². The molecule has 1 aromatic rings. The fourth-order valence-corrected chi connectivity index (χ4v) is 2.17. The molecule has 1 aliphatic heterocycles. The highest BCUT2D eigenvalue weighted by molar-refractivity contribution is 7.34. The number of nitrogens with zero attached hydrogens (tertiary/aromatic N) is 1. The Hall–Kier alpha value is -0.660. The van der Waals surface area contributed by atoms with Gasteiger partial charge in [-0.25, -0.2) is 4.39 Å². The SMILES string of the molecule is CPN1CC(Oc2ccc(F)cc2)C1. The molecule has 1 fully saturated rings. The molecule has 0 radical (unpaired) electrons. The van der Waals surface area contributed by atoms with E-state index in [2.05, 4.69) is 11.3 Å². The molecule has 2 rings (SSSR count). The third kappa shape index (κ3) is 2.23. The summed E-state index contributed by atoms with van der Waals surface area (Å²) in [5.74, 6) is 0.540. The zero-order chi connectivity index (χ0) is 9.97. The highest BCUT2D eigenvalue weighted by atomic mass is 31.1. The van der Waals surface area contributed by atoms with Crippen LogP contribution in [0.25, 0.3) is 0 Å². The van der Waals surface area contributed by atoms with E-state index < -0.39 is 0 Å². The summed E-state index contributed by atoms with van der Waals surface area (Å²) in [6.45, 7) is 4.15. The molecule has 0 bridgehead atoms. The van der Waals surface area contributed by atoms with Crippen molar-refractivity contribution in [3.63, 3.8) is 0 Å². The van der Waals surface area contributed by atoms with Crippen molar-refractivity contribution in [2.45, 2.75) is 6.10 Å². The first-order valence-electron chi connectivity index (χ1n) is 4.62. The summed E-state index contributed by atoms with van der Waals surface area (Å²) in [6.07, 6.45) is 0.285. The molecule has 0 aliphatic carbocycles. The van der Waals surface area contributed by atoms with Gasteiger partial charge in [-0.05, 0) is 30.9 Å². The number of ether oxygens (including phenoxy) is 1. The van der Waals surface area contributed by atoms with Gasteiger partial charge in [-0.3, -0.25) is 4.67 Å². The lowest BCUT2D eigenvalue weighted by Crippen LogP contribution is -2.49. The molecule has 1 aromatic carbocycles. The molecule has 2 nitrogen and oxygen atoms in total. The highest BCUT2D eigenvalue weighted by Crippen LogP contribution is 2.25. The van der Waals surface area contributed by atoms with Crippen molar-refractivity contribution in [2.75, 3.05) is 19.8 Å². The minimum atomic E-state index is -0.220. The first-order chi connectivity index (χ1) is 6.78. The molecular weight excluding hydrogens is 200 g/mol. The summed E-state index contributed by atoms with van der Waals surface area (Å²) in [5, 5.41) is 0. The fraction of sp³-hybridized carbons (Fsp3) is 0.400. The highest BCUT2D eigenvalue weighted by Gasteiger charge is 2.26. The van der Waals surface area contributed by atoms with Crippen LogP contribution < -0.4 is 4.74 Å². The van der Waals surface area contributed by atoms with Gasteiger partial charge in [-0.15, -0.1) is 0 Å². The molecule has 1 saturated heterocycles. The van der Waals surface area contributed by atoms with Crippen molar-refractivity contribution in [1.29, 1.82) is 0 Å². The molecular formula is C10H13FNOP. The van der Waals surface area contributed by atoms with Crippen LogP contribution in [0.5, 0.6) is 5.75 Å². The van der Waals surface area contributed by atoms with E-state index in [9.17, 15) is 4.39 Å². The van der Waals surface area contributed by atoms with Crippen LogP contribution in [0, 0.1) is 5.82 Å². The van der Waals surface area contributed by atoms with Crippen LogP contribution in [-0.2, 0) is 0 Å². The first-order valence-corrected chi connectivity index (χ1v) is 6.07. The smallest absolute Gasteiger partial charge is 0.125 e. The lowest BCUT2D eigenvalue weighted by molar-refractivity contribution is 0.0815. The summed E-state index contributed by atoms with van der Waals surface area (Å²) < 4.78 is 20.5. The van der Waals surface area contributed by atoms with E-state index in [-0.39, 0.29) is 11.9 Å². The summed E-state index contributed by atoms with van der Waals surface area (Å²) >= 11 is 0. The molecule has 0 spiro atoms. The summed E-state index contributed by atoms with van der Waals surface area (Å²) in [7, 11) is 0.856. The van der Waals surface area contributed by atoms with Gasteiger partial charge in [0.05, 0.1) is 0 Å². The molecule has 0 aromatic heterocycles. The number of hydrogen-bond donors (Lipinski definition) is 0. The van der Waals surface area contributed by atoms with Gasteiger partial charge in [0.2, 0.25) is 0 Å². The molecule has 14 heavy (non-hydrogen) atoms. The molecule has 1 atom stereocenters. The van der Waals surface area contributed by atoms with Crippen LogP contribution in [0.15, 0.2) is 24.3 Å². The molecule has 1 unspecified atom stereocenters. The Labute approximate surface area is 84.9 Å². The van der Waals surface area contributed by atoms with Gasteiger partial charge in [-0.1, -0.05) is 8.73 Å². The lowest BCUT2D eigenvalue weighted by Gasteiger charge is -2.37. The predicted molar refractivity (Wildman–Crippen MR) is 56.6 cm³/mol. The Bertz CT molecular complexity index is 297. The average molecular weight is 213 g/mol. The van der Waals surface area contributed by atoms with Crippen LogP contribution in [-0.4, -0.2) is 30.5 Å². The van der Waals surface area contributed by atoms with Crippen LogP contribution >= 0.6 is 8.73 Å². The maximum absolute atomic E-state index is 12.6. The van der Waals surface area contributed by atoms with Crippen LogP contribution in [0.4, 0.5) is 4.39 Å². The van der Waals surface area contributed by atoms with E-state index in [1.807, 2.05) is 0 Å². The Morgan fingerprint density at radius 1 is 1.36 bits per heavy atom. The Morgan fingerprint density at radius 3 is 2.57 bits per heavy atom. The molecule has 4 heteroatoms. The van der Waals surface area contributed by atoms with Crippen LogP contribution in [0.2, 0.25) is 0 Å². The number of hydrogen-bond acceptors (Lipinski definition) is 2. The summed E-state index contributed by atoms with van der Waals surface area (Å²) in [4.78, 5) is 0. The van der Waals surface area contributed by atoms with Gasteiger partial charge in [-0.2, -0.15) is 0 Å². The second-order valence-corrected chi connectivity index (χ2v) is 4.40. The standard InChI is InChI=1S/C10H13FNOP/c1-14-12-6-10(7-12)13-9-4-2-8(11)3-5-9/h2-5,10,14H,6-7H2,1H3. The number of benzene rings is 1. The Balaban J connectivity index is 1.84. The minimum Gasteiger partial charge on any atom is -0.488 e.